The predicted octanol–water partition coefficient (Wildman–Crippen LogP) is 14.6. The van der Waals surface area contributed by atoms with Gasteiger partial charge < -0.3 is 23.7 Å². The van der Waals surface area contributed by atoms with Crippen molar-refractivity contribution in [3.63, 3.8) is 0 Å². The van der Waals surface area contributed by atoms with E-state index >= 15 is 0 Å². The second-order valence-electron chi connectivity index (χ2n) is 38.0. The number of halogens is 5. The van der Waals surface area contributed by atoms with Gasteiger partial charge in [-0.05, 0) is 187 Å². The minimum absolute atomic E-state index is 0.0339. The van der Waals surface area contributed by atoms with Gasteiger partial charge in [0, 0.05) is 337 Å². The van der Waals surface area contributed by atoms with Gasteiger partial charge in [-0.2, -0.15) is 8.78 Å². The fraction of sp³-hybridized carbons (Fsp3) is 0.650. The largest absolute Gasteiger partial charge is 0.481 e. The number of alkyl halides is 2. The maximum absolute atomic E-state index is 13.6. The molecule has 728 valence electrons. The molecule has 0 radical (unpaired) electrons. The Morgan fingerprint density at radius 1 is 0.359 bits per heavy atom. The number of ether oxygens (including phenoxy) is 5. The Morgan fingerprint density at radius 2 is 0.702 bits per heavy atom. The topological polar surface area (TPSA) is 182 Å². The third-order valence-corrected chi connectivity index (χ3v) is 26.8. The third kappa shape index (κ3) is 36.5. The summed E-state index contributed by atoms with van der Waals surface area (Å²) in [6, 6.07) is 28.6. The maximum atomic E-state index is 13.6. The molecule has 1 saturated carbocycles. The SMILES string of the molecule is CC(C)N1CCN(Cc2ccc(Cl)nc2)CC1.CC(C)N1CCN(Cc2ccc(OC(F)F)nc2)CC1.CC(C)N1CCN(Cc2cccnc2)CC1.COc1ccc(CN2C(C)CN(C(C)C)CC2C)cn1.COc1ccc(CN2CCN(C(C)C)CC23CC3)cn1.COc1ncc(CN2CCN(C(C)C)CC2)cc1Cl.COc1ncc(CN2CCN(C(C)C)CC2)cc1F. The highest BCUT2D eigenvalue weighted by Gasteiger charge is 2.51. The van der Waals surface area contributed by atoms with Crippen LogP contribution < -0.4 is 23.7 Å². The van der Waals surface area contributed by atoms with Crippen LogP contribution in [0.25, 0.3) is 0 Å². The molecule has 0 bridgehead atoms. The highest BCUT2D eigenvalue weighted by molar-refractivity contribution is 6.31. The number of methoxy groups -OCH3 is 4. The van der Waals surface area contributed by atoms with Gasteiger partial charge >= 0.3 is 6.61 Å². The normalized spacial score (nSPS) is 20.0. The number of rotatable bonds is 27. The molecule has 0 N–H and O–H groups in total. The van der Waals surface area contributed by atoms with Crippen LogP contribution in [0.15, 0.2) is 122 Å². The van der Waals surface area contributed by atoms with E-state index in [1.807, 2.05) is 67.5 Å². The highest BCUT2D eigenvalue weighted by atomic mass is 35.5. The van der Waals surface area contributed by atoms with E-state index in [1.54, 1.807) is 39.8 Å². The van der Waals surface area contributed by atoms with Gasteiger partial charge in [0.25, 0.3) is 0 Å². The minimum atomic E-state index is -2.82. The number of aromatic nitrogens is 7. The summed E-state index contributed by atoms with van der Waals surface area (Å²) in [5, 5.41) is 1.15. The van der Waals surface area contributed by atoms with Crippen molar-refractivity contribution >= 4 is 23.2 Å². The average molecular weight is 1860 g/mol. The van der Waals surface area contributed by atoms with Crippen molar-refractivity contribution in [3.05, 3.63) is 177 Å². The molecule has 131 heavy (non-hydrogen) atoms. The van der Waals surface area contributed by atoms with Crippen LogP contribution in [0, 0.1) is 5.82 Å². The number of hydrogen-bond acceptors (Lipinski definition) is 26. The summed E-state index contributed by atoms with van der Waals surface area (Å²) in [6.07, 6.45) is 17.4. The quantitative estimate of drug-likeness (QED) is 0.0443. The zero-order valence-corrected chi connectivity index (χ0v) is 84.2. The number of hydrogen-bond donors (Lipinski definition) is 0. The highest BCUT2D eigenvalue weighted by Crippen LogP contribution is 2.45. The number of pyridine rings is 7. The van der Waals surface area contributed by atoms with Gasteiger partial charge in [-0.15, -0.1) is 0 Å². The lowest BCUT2D eigenvalue weighted by molar-refractivity contribution is -0.0529. The van der Waals surface area contributed by atoms with E-state index in [1.165, 1.54) is 113 Å². The lowest BCUT2D eigenvalue weighted by Gasteiger charge is -2.46. The van der Waals surface area contributed by atoms with Crippen LogP contribution in [0.4, 0.5) is 13.2 Å². The van der Waals surface area contributed by atoms with E-state index in [-0.39, 0.29) is 17.6 Å². The van der Waals surface area contributed by atoms with Crippen molar-refractivity contribution in [2.75, 3.05) is 192 Å². The lowest BCUT2D eigenvalue weighted by Crippen LogP contribution is -2.57. The molecular formula is C100H158Cl2F3N21O5. The smallest absolute Gasteiger partial charge is 0.388 e. The van der Waals surface area contributed by atoms with Crippen LogP contribution in [-0.4, -0.2) is 362 Å². The van der Waals surface area contributed by atoms with E-state index in [0.29, 0.717) is 87.7 Å². The second-order valence-corrected chi connectivity index (χ2v) is 38.8. The van der Waals surface area contributed by atoms with Crippen LogP contribution in [0.2, 0.25) is 10.2 Å². The molecular weight excluding hydrogens is 1700 g/mol. The molecule has 7 aliphatic heterocycles. The van der Waals surface area contributed by atoms with Crippen molar-refractivity contribution in [2.24, 2.45) is 0 Å². The molecule has 26 nitrogen and oxygen atoms in total. The zero-order valence-electron chi connectivity index (χ0n) is 82.7. The molecule has 15 rings (SSSR count). The van der Waals surface area contributed by atoms with Crippen molar-refractivity contribution < 1.29 is 36.9 Å². The third-order valence-electron chi connectivity index (χ3n) is 26.3. The van der Waals surface area contributed by atoms with Gasteiger partial charge in [0.2, 0.25) is 29.4 Å². The second kappa shape index (κ2) is 55.2. The Labute approximate surface area is 793 Å². The molecule has 7 aromatic rings. The van der Waals surface area contributed by atoms with Crippen molar-refractivity contribution in [2.45, 2.75) is 236 Å². The summed E-state index contributed by atoms with van der Waals surface area (Å²) in [5.74, 6) is 1.51. The molecule has 8 fully saturated rings. The van der Waals surface area contributed by atoms with Gasteiger partial charge in [-0.1, -0.05) is 53.5 Å². The van der Waals surface area contributed by atoms with Crippen LogP contribution in [0.1, 0.15) is 163 Å². The Morgan fingerprint density at radius 3 is 1.03 bits per heavy atom. The standard InChI is InChI=1S/C16H25N3O.C16H27N3O.C14H22ClN3O.C14H21F2N3O.C14H22FN3O.C13H20ClN3.C13H21N3/c1-13(2)18-8-9-19(16(12-18)6-7-16)11-14-4-5-15(20-3)17-10-14;1-12(2)18-9-13(3)19(14(4)10-18)11-15-6-7-16(20-5)17-8-15;1-11(2)18-6-4-17(5-7-18)10-12-8-13(15)14(19-3)16-9-12;1-11(2)19-7-5-18(6-8-19)10-12-3-4-13(17-9-12)20-14(15)16;1-11(2)18-6-4-17(5-7-18)10-12-8-13(15)14(19-3)16-9-12;1-11(2)17-7-5-16(6-8-17)10-12-3-4-13(14)15-9-12;1-12(2)16-8-6-15(7-9-16)11-13-4-3-5-14-10-13/h4-5,10,13H,6-9,11-12H2,1-3H3;6-8,12-14H,9-11H2,1-5H3;8-9,11H,4-7,10H2,1-3H3;3-4,9,11,14H,5-8,10H2,1-2H3;8-9,11H,4-7,10H2,1-3H3;3-4,9,11H,5-8,10H2,1-2H3;3-5,10,12H,6-9,11H2,1-2H3. The molecule has 8 aliphatic rings. The van der Waals surface area contributed by atoms with E-state index in [9.17, 15) is 13.2 Å². The number of piperazine rings is 7. The minimum Gasteiger partial charge on any atom is -0.481 e. The molecule has 2 unspecified atom stereocenters. The summed E-state index contributed by atoms with van der Waals surface area (Å²) in [7, 11) is 6.32. The first-order valence-corrected chi connectivity index (χ1v) is 48.6. The van der Waals surface area contributed by atoms with Crippen LogP contribution in [0.5, 0.6) is 29.4 Å². The van der Waals surface area contributed by atoms with E-state index < -0.39 is 6.61 Å². The van der Waals surface area contributed by atoms with Crippen LogP contribution >= 0.6 is 23.2 Å². The predicted molar refractivity (Wildman–Crippen MR) is 523 cm³/mol. The van der Waals surface area contributed by atoms with Gasteiger partial charge in [-0.25, -0.2) is 34.3 Å². The first-order valence-electron chi connectivity index (χ1n) is 47.8. The fourth-order valence-electron chi connectivity index (χ4n) is 17.7. The van der Waals surface area contributed by atoms with Gasteiger partial charge in [0.1, 0.15) is 10.2 Å². The molecule has 0 aromatic carbocycles. The van der Waals surface area contributed by atoms with Gasteiger partial charge in [0.05, 0.1) is 28.4 Å². The van der Waals surface area contributed by atoms with E-state index in [4.69, 9.17) is 42.1 Å². The molecule has 0 amide bonds. The van der Waals surface area contributed by atoms with Crippen molar-refractivity contribution in [1.29, 1.82) is 0 Å². The Kier molecular flexibility index (Phi) is 45.3. The van der Waals surface area contributed by atoms with Gasteiger partial charge in [-0.3, -0.25) is 73.6 Å². The average Bonchev–Trinajstić information content (AvgIpc) is 1.60. The summed E-state index contributed by atoms with van der Waals surface area (Å²) in [5.41, 5.74) is 8.61. The monoisotopic (exact) mass is 1860 g/mol. The van der Waals surface area contributed by atoms with Crippen LogP contribution in [-0.2, 0) is 45.8 Å². The van der Waals surface area contributed by atoms with E-state index in [0.717, 1.165) is 167 Å². The summed E-state index contributed by atoms with van der Waals surface area (Å²) in [6.45, 7) is 67.9. The molecule has 1 aliphatic carbocycles. The molecule has 31 heteroatoms. The van der Waals surface area contributed by atoms with Crippen molar-refractivity contribution in [3.8, 4) is 29.4 Å². The first-order chi connectivity index (χ1) is 62.8. The maximum Gasteiger partial charge on any atom is 0.388 e. The zero-order chi connectivity index (χ0) is 94.7. The number of nitrogens with zero attached hydrogens (tertiary/aromatic N) is 21. The molecule has 7 aromatic heterocycles. The summed E-state index contributed by atoms with van der Waals surface area (Å²) in [4.78, 5) is 64.0. The van der Waals surface area contributed by atoms with Gasteiger partial charge in [0.15, 0.2) is 5.82 Å². The summed E-state index contributed by atoms with van der Waals surface area (Å²) < 4.78 is 62.0. The Balaban J connectivity index is 0.000000172. The Bertz CT molecular complexity index is 4150. The Hall–Kier alpha value is -7.14. The molecule has 1 spiro atoms. The fourth-order valence-corrected chi connectivity index (χ4v) is 18.1. The first kappa shape index (κ1) is 108. The lowest BCUT2D eigenvalue weighted by atomic mass is 10.1. The van der Waals surface area contributed by atoms with Crippen molar-refractivity contribution in [1.82, 2.24) is 103 Å². The molecule has 2 atom stereocenters. The molecule has 7 saturated heterocycles. The van der Waals surface area contributed by atoms with E-state index in [2.05, 4.69) is 243 Å². The molecule has 14 heterocycles. The van der Waals surface area contributed by atoms with Crippen LogP contribution in [0.3, 0.4) is 0 Å². The summed E-state index contributed by atoms with van der Waals surface area (Å²) >= 11 is 11.9.